The van der Waals surface area contributed by atoms with Gasteiger partial charge in [0.1, 0.15) is 6.61 Å². The maximum atomic E-state index is 12.1. The summed E-state index contributed by atoms with van der Waals surface area (Å²) in [6.45, 7) is 4.26. The number of carbonyl (C=O) groups excluding carboxylic acids is 2. The predicted octanol–water partition coefficient (Wildman–Crippen LogP) is 3.78. The number of carbonyl (C=O) groups is 3. The molecule has 0 fully saturated rings. The molecular formula is C25H30N2O5. The SMILES string of the molecule is CC(C)C(CNC(=O)CCCNC(=O)OCC1c2ccccc2-c2ccccc21)C(=O)O. The van der Waals surface area contributed by atoms with E-state index in [-0.39, 0.29) is 37.3 Å². The summed E-state index contributed by atoms with van der Waals surface area (Å²) in [6.07, 6.45) is 0.127. The lowest BCUT2D eigenvalue weighted by Gasteiger charge is -2.16. The maximum absolute atomic E-state index is 12.1. The molecule has 1 aliphatic rings. The van der Waals surface area contributed by atoms with Crippen molar-refractivity contribution in [2.45, 2.75) is 32.6 Å². The molecule has 1 aliphatic carbocycles. The van der Waals surface area contributed by atoms with Crippen LogP contribution in [0.3, 0.4) is 0 Å². The van der Waals surface area contributed by atoms with E-state index in [1.165, 1.54) is 11.1 Å². The Balaban J connectivity index is 1.39. The molecular weight excluding hydrogens is 408 g/mol. The van der Waals surface area contributed by atoms with Crippen LogP contribution in [-0.2, 0) is 14.3 Å². The van der Waals surface area contributed by atoms with E-state index in [0.29, 0.717) is 13.0 Å². The molecule has 0 saturated carbocycles. The molecule has 0 aliphatic heterocycles. The number of hydrogen-bond donors (Lipinski definition) is 3. The normalized spacial score (nSPS) is 13.2. The van der Waals surface area contributed by atoms with Crippen LogP contribution in [0.4, 0.5) is 4.79 Å². The first-order valence-electron chi connectivity index (χ1n) is 11.0. The van der Waals surface area contributed by atoms with E-state index in [9.17, 15) is 14.4 Å². The summed E-state index contributed by atoms with van der Waals surface area (Å²) >= 11 is 0. The number of nitrogens with one attached hydrogen (secondary N) is 2. The van der Waals surface area contributed by atoms with Crippen LogP contribution in [0.1, 0.15) is 43.7 Å². The molecule has 1 atom stereocenters. The fourth-order valence-electron chi connectivity index (χ4n) is 4.01. The molecule has 3 N–H and O–H groups in total. The monoisotopic (exact) mass is 438 g/mol. The fourth-order valence-corrected chi connectivity index (χ4v) is 4.01. The molecule has 7 heteroatoms. The average Bonchev–Trinajstić information content (AvgIpc) is 3.09. The summed E-state index contributed by atoms with van der Waals surface area (Å²) in [7, 11) is 0. The summed E-state index contributed by atoms with van der Waals surface area (Å²) < 4.78 is 5.46. The number of benzene rings is 2. The highest BCUT2D eigenvalue weighted by molar-refractivity contribution is 5.79. The highest BCUT2D eigenvalue weighted by Crippen LogP contribution is 2.44. The third-order valence-corrected chi connectivity index (χ3v) is 5.83. The zero-order valence-electron chi connectivity index (χ0n) is 18.5. The summed E-state index contributed by atoms with van der Waals surface area (Å²) in [5.41, 5.74) is 4.65. The number of amides is 2. The molecule has 0 saturated heterocycles. The van der Waals surface area contributed by atoms with E-state index in [4.69, 9.17) is 9.84 Å². The Labute approximate surface area is 188 Å². The Kier molecular flexibility index (Phi) is 7.87. The molecule has 0 radical (unpaired) electrons. The van der Waals surface area contributed by atoms with Gasteiger partial charge in [0.05, 0.1) is 5.92 Å². The molecule has 0 heterocycles. The third-order valence-electron chi connectivity index (χ3n) is 5.83. The molecule has 2 aromatic carbocycles. The minimum atomic E-state index is -0.919. The molecule has 0 spiro atoms. The standard InChI is InChI=1S/C25H30N2O5/c1-16(2)21(24(29)30)14-27-23(28)12-7-13-26-25(31)32-15-22-19-10-5-3-8-17(19)18-9-4-6-11-20(18)22/h3-6,8-11,16,21-22H,7,12-15H2,1-2H3,(H,26,31)(H,27,28)(H,29,30). The number of alkyl carbamates (subject to hydrolysis) is 1. The van der Waals surface area contributed by atoms with Gasteiger partial charge in [0.25, 0.3) is 0 Å². The second-order valence-electron chi connectivity index (χ2n) is 8.35. The van der Waals surface area contributed by atoms with Crippen LogP contribution in [0.2, 0.25) is 0 Å². The molecule has 32 heavy (non-hydrogen) atoms. The summed E-state index contributed by atoms with van der Waals surface area (Å²) in [4.78, 5) is 35.2. The molecule has 1 unspecified atom stereocenters. The molecule has 170 valence electrons. The predicted molar refractivity (Wildman–Crippen MR) is 121 cm³/mol. The molecule has 2 aromatic rings. The van der Waals surface area contributed by atoms with Gasteiger partial charge in [0.15, 0.2) is 0 Å². The highest BCUT2D eigenvalue weighted by Gasteiger charge is 2.29. The third kappa shape index (κ3) is 5.66. The lowest BCUT2D eigenvalue weighted by molar-refractivity contribution is -0.143. The quantitative estimate of drug-likeness (QED) is 0.490. The van der Waals surface area contributed by atoms with E-state index >= 15 is 0 Å². The molecule has 0 aromatic heterocycles. The number of carboxylic acids is 1. The second kappa shape index (κ2) is 10.8. The first-order valence-corrected chi connectivity index (χ1v) is 11.0. The van der Waals surface area contributed by atoms with Crippen LogP contribution in [-0.4, -0.2) is 42.8 Å². The van der Waals surface area contributed by atoms with Crippen molar-refractivity contribution in [1.82, 2.24) is 10.6 Å². The Hall–Kier alpha value is -3.35. The van der Waals surface area contributed by atoms with Crippen LogP contribution < -0.4 is 10.6 Å². The van der Waals surface area contributed by atoms with Crippen molar-refractivity contribution in [2.24, 2.45) is 11.8 Å². The van der Waals surface area contributed by atoms with Crippen molar-refractivity contribution in [1.29, 1.82) is 0 Å². The van der Waals surface area contributed by atoms with Gasteiger partial charge in [0.2, 0.25) is 5.91 Å². The van der Waals surface area contributed by atoms with Gasteiger partial charge in [-0.25, -0.2) is 4.79 Å². The van der Waals surface area contributed by atoms with E-state index < -0.39 is 18.0 Å². The minimum Gasteiger partial charge on any atom is -0.481 e. The van der Waals surface area contributed by atoms with Gasteiger partial charge in [-0.05, 0) is 34.6 Å². The zero-order valence-corrected chi connectivity index (χ0v) is 18.5. The number of hydrogen-bond acceptors (Lipinski definition) is 4. The van der Waals surface area contributed by atoms with Gasteiger partial charge >= 0.3 is 12.1 Å². The number of ether oxygens (including phenoxy) is 1. The van der Waals surface area contributed by atoms with Crippen LogP contribution in [0.15, 0.2) is 48.5 Å². The van der Waals surface area contributed by atoms with Gasteiger partial charge in [-0.3, -0.25) is 9.59 Å². The van der Waals surface area contributed by atoms with E-state index in [1.54, 1.807) is 0 Å². The Morgan fingerprint density at radius 2 is 1.56 bits per heavy atom. The largest absolute Gasteiger partial charge is 0.481 e. The van der Waals surface area contributed by atoms with Gasteiger partial charge in [-0.15, -0.1) is 0 Å². The summed E-state index contributed by atoms with van der Waals surface area (Å²) in [5.74, 6) is -1.83. The van der Waals surface area contributed by atoms with Crippen molar-refractivity contribution in [2.75, 3.05) is 19.7 Å². The topological polar surface area (TPSA) is 105 Å². The Morgan fingerprint density at radius 3 is 2.12 bits per heavy atom. The first kappa shape index (κ1) is 23.3. The number of rotatable bonds is 10. The van der Waals surface area contributed by atoms with E-state index in [2.05, 4.69) is 34.9 Å². The summed E-state index contributed by atoms with van der Waals surface area (Å²) in [6, 6.07) is 16.3. The van der Waals surface area contributed by atoms with Gasteiger partial charge in [-0.1, -0.05) is 62.4 Å². The lowest BCUT2D eigenvalue weighted by atomic mass is 9.96. The smallest absolute Gasteiger partial charge is 0.407 e. The van der Waals surface area contributed by atoms with Gasteiger partial charge < -0.3 is 20.5 Å². The van der Waals surface area contributed by atoms with Crippen molar-refractivity contribution < 1.29 is 24.2 Å². The van der Waals surface area contributed by atoms with E-state index in [1.807, 2.05) is 38.1 Å². The van der Waals surface area contributed by atoms with Crippen molar-refractivity contribution in [3.8, 4) is 11.1 Å². The lowest BCUT2D eigenvalue weighted by Crippen LogP contribution is -2.36. The number of aliphatic carboxylic acids is 1. The summed E-state index contributed by atoms with van der Waals surface area (Å²) in [5, 5.41) is 14.5. The zero-order chi connectivity index (χ0) is 23.1. The van der Waals surface area contributed by atoms with Gasteiger partial charge in [-0.2, -0.15) is 0 Å². The van der Waals surface area contributed by atoms with Crippen LogP contribution in [0.25, 0.3) is 11.1 Å². The Morgan fingerprint density at radius 1 is 0.969 bits per heavy atom. The van der Waals surface area contributed by atoms with Crippen LogP contribution in [0.5, 0.6) is 0 Å². The van der Waals surface area contributed by atoms with Crippen molar-refractivity contribution in [3.05, 3.63) is 59.7 Å². The molecule has 7 nitrogen and oxygen atoms in total. The van der Waals surface area contributed by atoms with E-state index in [0.717, 1.165) is 11.1 Å². The highest BCUT2D eigenvalue weighted by atomic mass is 16.5. The minimum absolute atomic E-state index is 0.00191. The maximum Gasteiger partial charge on any atom is 0.407 e. The molecule has 2 amide bonds. The van der Waals surface area contributed by atoms with Crippen LogP contribution in [0, 0.1) is 11.8 Å². The number of fused-ring (bicyclic) bond motifs is 3. The molecule has 0 bridgehead atoms. The Bertz CT molecular complexity index is 927. The van der Waals surface area contributed by atoms with Crippen molar-refractivity contribution in [3.63, 3.8) is 0 Å². The second-order valence-corrected chi connectivity index (χ2v) is 8.35. The van der Waals surface area contributed by atoms with Crippen molar-refractivity contribution >= 4 is 18.0 Å². The van der Waals surface area contributed by atoms with Crippen LogP contribution >= 0.6 is 0 Å². The number of carboxylic acid groups (broad SMARTS) is 1. The first-order chi connectivity index (χ1) is 15.4. The fraction of sp³-hybridized carbons (Fsp3) is 0.400. The average molecular weight is 439 g/mol. The van der Waals surface area contributed by atoms with Gasteiger partial charge in [0, 0.05) is 25.4 Å². The molecule has 3 rings (SSSR count).